The summed E-state index contributed by atoms with van der Waals surface area (Å²) in [5.41, 5.74) is -0.700. The molecule has 0 bridgehead atoms. The van der Waals surface area contributed by atoms with Gasteiger partial charge in [0, 0.05) is 5.69 Å². The van der Waals surface area contributed by atoms with Gasteiger partial charge in [-0.2, -0.15) is 13.2 Å². The molecule has 8 heteroatoms. The normalized spacial score (nSPS) is 11.2. The van der Waals surface area contributed by atoms with Gasteiger partial charge >= 0.3 is 12.1 Å². The third-order valence-corrected chi connectivity index (χ3v) is 2.70. The molecule has 2 N–H and O–H groups in total. The molecule has 2 rings (SSSR count). The van der Waals surface area contributed by atoms with E-state index in [0.29, 0.717) is 0 Å². The van der Waals surface area contributed by atoms with E-state index in [4.69, 9.17) is 5.11 Å². The molecule has 1 heterocycles. The van der Waals surface area contributed by atoms with Gasteiger partial charge in [0.15, 0.2) is 11.5 Å². The molecule has 0 aliphatic carbocycles. The van der Waals surface area contributed by atoms with Crippen molar-refractivity contribution in [3.63, 3.8) is 0 Å². The Morgan fingerprint density at radius 2 is 1.90 bits per heavy atom. The predicted octanol–water partition coefficient (Wildman–Crippen LogP) is 3.25. The number of aryl methyl sites for hydroxylation is 1. The van der Waals surface area contributed by atoms with Gasteiger partial charge in [-0.15, -0.1) is 10.2 Å². The highest BCUT2D eigenvalue weighted by Crippen LogP contribution is 2.33. The van der Waals surface area contributed by atoms with E-state index in [-0.39, 0.29) is 22.8 Å². The Morgan fingerprint density at radius 3 is 2.43 bits per heavy atom. The molecule has 0 amide bonds. The smallest absolute Gasteiger partial charge is 0.416 e. The van der Waals surface area contributed by atoms with Crippen LogP contribution in [-0.2, 0) is 6.18 Å². The Balaban J connectivity index is 2.26. The number of benzene rings is 1. The number of carbonyl (C=O) groups is 1. The molecular weight excluding hydrogens is 287 g/mol. The number of nitrogens with zero attached hydrogens (tertiary/aromatic N) is 2. The first-order valence-corrected chi connectivity index (χ1v) is 5.79. The summed E-state index contributed by atoms with van der Waals surface area (Å²) in [6.07, 6.45) is -4.44. The van der Waals surface area contributed by atoms with Gasteiger partial charge in [0.1, 0.15) is 0 Å². The Bertz CT molecular complexity index is 669. The fraction of sp³-hybridized carbons (Fsp3) is 0.154. The molecule has 0 spiro atoms. The molecule has 0 fully saturated rings. The molecule has 0 aliphatic rings. The number of halogens is 3. The van der Waals surface area contributed by atoms with Crippen LogP contribution in [0.25, 0.3) is 0 Å². The lowest BCUT2D eigenvalue weighted by atomic mass is 10.1. The highest BCUT2D eigenvalue weighted by Gasteiger charge is 2.32. The van der Waals surface area contributed by atoms with Gasteiger partial charge in [-0.1, -0.05) is 6.07 Å². The van der Waals surface area contributed by atoms with Crippen LogP contribution in [0, 0.1) is 6.92 Å². The second-order valence-electron chi connectivity index (χ2n) is 4.26. The Labute approximate surface area is 117 Å². The molecule has 1 aromatic heterocycles. The SMILES string of the molecule is Cc1ccc(Nc2ccc(C(=O)O)nn2)cc1C(F)(F)F. The summed E-state index contributed by atoms with van der Waals surface area (Å²) in [7, 11) is 0. The fourth-order valence-corrected chi connectivity index (χ4v) is 1.67. The topological polar surface area (TPSA) is 75.1 Å². The van der Waals surface area contributed by atoms with Crippen molar-refractivity contribution in [2.75, 3.05) is 5.32 Å². The van der Waals surface area contributed by atoms with Crippen LogP contribution in [0.1, 0.15) is 21.6 Å². The molecule has 1 aromatic carbocycles. The summed E-state index contributed by atoms with van der Waals surface area (Å²) in [5, 5.41) is 18.3. The van der Waals surface area contributed by atoms with Crippen molar-refractivity contribution in [2.45, 2.75) is 13.1 Å². The van der Waals surface area contributed by atoms with E-state index in [0.717, 1.165) is 6.07 Å². The highest BCUT2D eigenvalue weighted by molar-refractivity contribution is 5.85. The van der Waals surface area contributed by atoms with E-state index in [9.17, 15) is 18.0 Å². The summed E-state index contributed by atoms with van der Waals surface area (Å²) >= 11 is 0. The molecule has 110 valence electrons. The third-order valence-electron chi connectivity index (χ3n) is 2.70. The minimum Gasteiger partial charge on any atom is -0.476 e. The minimum absolute atomic E-state index is 0.111. The lowest BCUT2D eigenvalue weighted by Gasteiger charge is -2.12. The van der Waals surface area contributed by atoms with Crippen LogP contribution in [0.2, 0.25) is 0 Å². The molecule has 21 heavy (non-hydrogen) atoms. The van der Waals surface area contributed by atoms with Gasteiger partial charge in [-0.25, -0.2) is 4.79 Å². The van der Waals surface area contributed by atoms with Gasteiger partial charge < -0.3 is 10.4 Å². The number of aromatic nitrogens is 2. The molecular formula is C13H10F3N3O2. The Hall–Kier alpha value is -2.64. The van der Waals surface area contributed by atoms with Crippen LogP contribution >= 0.6 is 0 Å². The van der Waals surface area contributed by atoms with Gasteiger partial charge in [0.25, 0.3) is 0 Å². The van der Waals surface area contributed by atoms with Crippen molar-refractivity contribution in [2.24, 2.45) is 0 Å². The van der Waals surface area contributed by atoms with Crippen LogP contribution in [0.15, 0.2) is 30.3 Å². The number of anilines is 2. The van der Waals surface area contributed by atoms with Crippen molar-refractivity contribution >= 4 is 17.5 Å². The average Bonchev–Trinajstić information content (AvgIpc) is 2.40. The maximum atomic E-state index is 12.8. The quantitative estimate of drug-likeness (QED) is 0.909. The first kappa shape index (κ1) is 14.8. The summed E-state index contributed by atoms with van der Waals surface area (Å²) in [4.78, 5) is 10.6. The molecule has 0 radical (unpaired) electrons. The van der Waals surface area contributed by atoms with Gasteiger partial charge in [0.05, 0.1) is 5.56 Å². The maximum Gasteiger partial charge on any atom is 0.416 e. The van der Waals surface area contributed by atoms with Crippen molar-refractivity contribution in [1.82, 2.24) is 10.2 Å². The van der Waals surface area contributed by atoms with E-state index in [1.165, 1.54) is 31.2 Å². The second-order valence-corrected chi connectivity index (χ2v) is 4.26. The fourth-order valence-electron chi connectivity index (χ4n) is 1.67. The highest BCUT2D eigenvalue weighted by atomic mass is 19.4. The number of rotatable bonds is 3. The summed E-state index contributed by atoms with van der Waals surface area (Å²) in [6, 6.07) is 6.30. The maximum absolute atomic E-state index is 12.8. The Kier molecular flexibility index (Phi) is 3.79. The molecule has 0 aliphatic heterocycles. The molecule has 2 aromatic rings. The lowest BCUT2D eigenvalue weighted by Crippen LogP contribution is -2.08. The van der Waals surface area contributed by atoms with Crippen molar-refractivity contribution in [3.05, 3.63) is 47.2 Å². The molecule has 0 atom stereocenters. The van der Waals surface area contributed by atoms with Crippen LogP contribution in [-0.4, -0.2) is 21.3 Å². The van der Waals surface area contributed by atoms with Crippen LogP contribution in [0.3, 0.4) is 0 Å². The third kappa shape index (κ3) is 3.47. The van der Waals surface area contributed by atoms with Crippen molar-refractivity contribution in [3.8, 4) is 0 Å². The zero-order valence-corrected chi connectivity index (χ0v) is 10.8. The molecule has 0 saturated heterocycles. The van der Waals surface area contributed by atoms with E-state index in [1.54, 1.807) is 0 Å². The summed E-state index contributed by atoms with van der Waals surface area (Å²) in [6.45, 7) is 1.37. The number of alkyl halides is 3. The van der Waals surface area contributed by atoms with Crippen molar-refractivity contribution < 1.29 is 23.1 Å². The van der Waals surface area contributed by atoms with Gasteiger partial charge in [-0.05, 0) is 36.8 Å². The van der Waals surface area contributed by atoms with Gasteiger partial charge in [0.2, 0.25) is 0 Å². The number of hydrogen-bond acceptors (Lipinski definition) is 4. The number of nitrogens with one attached hydrogen (secondary N) is 1. The zero-order chi connectivity index (χ0) is 15.6. The van der Waals surface area contributed by atoms with Crippen LogP contribution in [0.4, 0.5) is 24.7 Å². The standard InChI is InChI=1S/C13H10F3N3O2/c1-7-2-3-8(6-9(7)13(14,15)16)17-11-5-4-10(12(20)21)18-19-11/h2-6H,1H3,(H,17,19)(H,20,21). The number of carboxylic acids is 1. The zero-order valence-electron chi connectivity index (χ0n) is 10.8. The summed E-state index contributed by atoms with van der Waals surface area (Å²) < 4.78 is 38.4. The first-order chi connectivity index (χ1) is 9.77. The first-order valence-electron chi connectivity index (χ1n) is 5.79. The van der Waals surface area contributed by atoms with E-state index >= 15 is 0 Å². The number of aromatic carboxylic acids is 1. The minimum atomic E-state index is -4.44. The molecule has 5 nitrogen and oxygen atoms in total. The predicted molar refractivity (Wildman–Crippen MR) is 68.5 cm³/mol. The molecule has 0 saturated carbocycles. The van der Waals surface area contributed by atoms with Gasteiger partial charge in [-0.3, -0.25) is 0 Å². The van der Waals surface area contributed by atoms with E-state index in [2.05, 4.69) is 15.5 Å². The number of hydrogen-bond donors (Lipinski definition) is 2. The van der Waals surface area contributed by atoms with E-state index < -0.39 is 17.7 Å². The summed E-state index contributed by atoms with van der Waals surface area (Å²) in [5.74, 6) is -1.08. The molecule has 0 unspecified atom stereocenters. The monoisotopic (exact) mass is 297 g/mol. The van der Waals surface area contributed by atoms with E-state index in [1.807, 2.05) is 0 Å². The largest absolute Gasteiger partial charge is 0.476 e. The average molecular weight is 297 g/mol. The van der Waals surface area contributed by atoms with Crippen LogP contribution in [0.5, 0.6) is 0 Å². The Morgan fingerprint density at radius 1 is 1.19 bits per heavy atom. The van der Waals surface area contributed by atoms with Crippen LogP contribution < -0.4 is 5.32 Å². The second kappa shape index (κ2) is 5.39. The van der Waals surface area contributed by atoms with Crippen molar-refractivity contribution in [1.29, 1.82) is 0 Å². The lowest BCUT2D eigenvalue weighted by molar-refractivity contribution is -0.138. The number of carboxylic acid groups (broad SMARTS) is 1.